The summed E-state index contributed by atoms with van der Waals surface area (Å²) in [5.41, 5.74) is 1.84. The van der Waals surface area contributed by atoms with Gasteiger partial charge >= 0.3 is 0 Å². The van der Waals surface area contributed by atoms with Crippen LogP contribution in [-0.2, 0) is 9.84 Å². The van der Waals surface area contributed by atoms with Crippen molar-refractivity contribution in [3.63, 3.8) is 0 Å². The SMILES string of the molecule is CCCOc1c(OC)cc([C@@H]2SC[C@@H](c3cc(OC)c(OC)c(OC)c3)S2)cc1S(=O)(=O)CCO. The smallest absolute Gasteiger partial charge is 0.203 e. The van der Waals surface area contributed by atoms with Crippen molar-refractivity contribution in [1.29, 1.82) is 0 Å². The predicted molar refractivity (Wildman–Crippen MR) is 140 cm³/mol. The van der Waals surface area contributed by atoms with E-state index < -0.39 is 16.4 Å². The lowest BCUT2D eigenvalue weighted by Gasteiger charge is -2.19. The van der Waals surface area contributed by atoms with Crippen molar-refractivity contribution in [2.75, 3.05) is 53.2 Å². The third-order valence-electron chi connectivity index (χ3n) is 5.43. The van der Waals surface area contributed by atoms with Crippen molar-refractivity contribution in [2.24, 2.45) is 0 Å². The standard InChI is InChI=1S/C24H32O8S3/c1-6-8-32-23-19(30-4)12-16(13-21(23)35(26,27)9-7-25)24-33-14-20(34-24)15-10-17(28-2)22(31-5)18(11-15)29-3/h10-13,20,24-25H,6-9,14H2,1-5H3/t20-,24+/m0/s1. The Morgan fingerprint density at radius 2 is 1.51 bits per heavy atom. The van der Waals surface area contributed by atoms with Crippen molar-refractivity contribution in [2.45, 2.75) is 28.1 Å². The first-order valence-corrected chi connectivity index (χ1v) is 14.7. The van der Waals surface area contributed by atoms with Crippen LogP contribution in [0.4, 0.5) is 0 Å². The summed E-state index contributed by atoms with van der Waals surface area (Å²) in [6.45, 7) is 1.82. The van der Waals surface area contributed by atoms with Crippen LogP contribution >= 0.6 is 23.5 Å². The summed E-state index contributed by atoms with van der Waals surface area (Å²) in [7, 11) is 2.47. The van der Waals surface area contributed by atoms with E-state index in [9.17, 15) is 13.5 Å². The number of methoxy groups -OCH3 is 4. The number of aliphatic hydroxyl groups is 1. The molecule has 0 spiro atoms. The predicted octanol–water partition coefficient (Wildman–Crippen LogP) is 4.50. The Bertz CT molecular complexity index is 1090. The van der Waals surface area contributed by atoms with Crippen LogP contribution in [0.15, 0.2) is 29.2 Å². The van der Waals surface area contributed by atoms with Crippen molar-refractivity contribution in [1.82, 2.24) is 0 Å². The average molecular weight is 545 g/mol. The Balaban J connectivity index is 1.98. The minimum Gasteiger partial charge on any atom is -0.493 e. The van der Waals surface area contributed by atoms with Crippen molar-refractivity contribution < 1.29 is 37.2 Å². The summed E-state index contributed by atoms with van der Waals surface area (Å²) < 4.78 is 53.7. The zero-order valence-electron chi connectivity index (χ0n) is 20.5. The van der Waals surface area contributed by atoms with Crippen molar-refractivity contribution in [3.8, 4) is 28.7 Å². The summed E-state index contributed by atoms with van der Waals surface area (Å²) >= 11 is 3.44. The molecule has 0 saturated carbocycles. The molecule has 2 aromatic carbocycles. The van der Waals surface area contributed by atoms with Gasteiger partial charge in [0.15, 0.2) is 32.8 Å². The first-order chi connectivity index (χ1) is 16.8. The Hall–Kier alpha value is -1.95. The molecule has 1 heterocycles. The maximum Gasteiger partial charge on any atom is 0.203 e. The molecule has 1 fully saturated rings. The number of rotatable bonds is 12. The van der Waals surface area contributed by atoms with E-state index in [0.717, 1.165) is 23.3 Å². The zero-order valence-corrected chi connectivity index (χ0v) is 23.0. The van der Waals surface area contributed by atoms with Gasteiger partial charge in [0.25, 0.3) is 0 Å². The highest BCUT2D eigenvalue weighted by molar-refractivity contribution is 8.19. The summed E-state index contributed by atoms with van der Waals surface area (Å²) in [6, 6.07) is 7.38. The zero-order chi connectivity index (χ0) is 25.6. The van der Waals surface area contributed by atoms with E-state index in [1.165, 1.54) is 7.11 Å². The van der Waals surface area contributed by atoms with Crippen LogP contribution in [-0.4, -0.2) is 66.7 Å². The van der Waals surface area contributed by atoms with Crippen LogP contribution in [0, 0.1) is 0 Å². The number of ether oxygens (including phenoxy) is 5. The molecular formula is C24H32O8S3. The van der Waals surface area contributed by atoms with Gasteiger partial charge in [0.1, 0.15) is 4.90 Å². The summed E-state index contributed by atoms with van der Waals surface area (Å²) in [4.78, 5) is 0.0479. The van der Waals surface area contributed by atoms with E-state index in [4.69, 9.17) is 23.7 Å². The van der Waals surface area contributed by atoms with Gasteiger partial charge in [0, 0.05) is 11.0 Å². The van der Waals surface area contributed by atoms with Gasteiger partial charge in [-0.3, -0.25) is 0 Å². The van der Waals surface area contributed by atoms with Gasteiger partial charge in [-0.25, -0.2) is 8.42 Å². The highest BCUT2D eigenvalue weighted by atomic mass is 32.2. The second kappa shape index (κ2) is 12.3. The van der Waals surface area contributed by atoms with Crippen molar-refractivity contribution >= 4 is 33.4 Å². The van der Waals surface area contributed by atoms with E-state index in [-0.39, 0.29) is 26.2 Å². The normalized spacial score (nSPS) is 17.8. The number of hydrogen-bond donors (Lipinski definition) is 1. The molecule has 8 nitrogen and oxygen atoms in total. The van der Waals surface area contributed by atoms with Gasteiger partial charge in [0.05, 0.1) is 52.0 Å². The van der Waals surface area contributed by atoms with Crippen LogP contribution in [0.2, 0.25) is 0 Å². The maximum absolute atomic E-state index is 13.0. The Labute approximate surface area is 215 Å². The first-order valence-electron chi connectivity index (χ1n) is 11.1. The molecular weight excluding hydrogens is 512 g/mol. The summed E-state index contributed by atoms with van der Waals surface area (Å²) in [6.07, 6.45) is 0.717. The van der Waals surface area contributed by atoms with E-state index >= 15 is 0 Å². The van der Waals surface area contributed by atoms with Gasteiger partial charge in [0.2, 0.25) is 5.75 Å². The second-order valence-corrected chi connectivity index (χ2v) is 12.5. The molecule has 2 aromatic rings. The van der Waals surface area contributed by atoms with Gasteiger partial charge in [-0.05, 0) is 41.8 Å². The topological polar surface area (TPSA) is 101 Å². The molecule has 194 valence electrons. The molecule has 35 heavy (non-hydrogen) atoms. The molecule has 1 N–H and O–H groups in total. The fourth-order valence-corrected chi connectivity index (χ4v) is 8.21. The Morgan fingerprint density at radius 3 is 2.06 bits per heavy atom. The first kappa shape index (κ1) is 27.6. The third-order valence-corrected chi connectivity index (χ3v) is 10.5. The van der Waals surface area contributed by atoms with Crippen molar-refractivity contribution in [3.05, 3.63) is 35.4 Å². The molecule has 1 aliphatic heterocycles. The van der Waals surface area contributed by atoms with E-state index in [2.05, 4.69) is 0 Å². The van der Waals surface area contributed by atoms with Crippen LogP contribution in [0.5, 0.6) is 28.7 Å². The maximum atomic E-state index is 13.0. The number of aliphatic hydroxyl groups excluding tert-OH is 1. The molecule has 0 radical (unpaired) electrons. The number of hydrogen-bond acceptors (Lipinski definition) is 10. The van der Waals surface area contributed by atoms with E-state index in [1.54, 1.807) is 50.9 Å². The van der Waals surface area contributed by atoms with Gasteiger partial charge in [-0.2, -0.15) is 0 Å². The van der Waals surface area contributed by atoms with Crippen LogP contribution in [0.3, 0.4) is 0 Å². The van der Waals surface area contributed by atoms with Crippen LogP contribution in [0.1, 0.15) is 34.3 Å². The van der Waals surface area contributed by atoms with Gasteiger partial charge in [-0.15, -0.1) is 23.5 Å². The van der Waals surface area contributed by atoms with E-state index in [1.807, 2.05) is 25.1 Å². The molecule has 3 rings (SSSR count). The third kappa shape index (κ3) is 6.07. The van der Waals surface area contributed by atoms with Crippen LogP contribution in [0.25, 0.3) is 0 Å². The highest BCUT2D eigenvalue weighted by Gasteiger charge is 2.33. The van der Waals surface area contributed by atoms with Gasteiger partial charge in [-0.1, -0.05) is 6.92 Å². The number of thioether (sulfide) groups is 2. The molecule has 0 bridgehead atoms. The monoisotopic (exact) mass is 544 g/mol. The van der Waals surface area contributed by atoms with Crippen LogP contribution < -0.4 is 23.7 Å². The Morgan fingerprint density at radius 1 is 0.914 bits per heavy atom. The van der Waals surface area contributed by atoms with E-state index in [0.29, 0.717) is 29.6 Å². The minimum absolute atomic E-state index is 0.0312. The average Bonchev–Trinajstić information content (AvgIpc) is 3.36. The lowest BCUT2D eigenvalue weighted by Crippen LogP contribution is -2.13. The molecule has 2 atom stereocenters. The second-order valence-electron chi connectivity index (χ2n) is 7.69. The molecule has 0 amide bonds. The number of benzene rings is 2. The molecule has 1 aliphatic rings. The fraction of sp³-hybridized carbons (Fsp3) is 0.500. The quantitative estimate of drug-likeness (QED) is 0.411. The molecule has 0 aromatic heterocycles. The largest absolute Gasteiger partial charge is 0.493 e. The molecule has 1 saturated heterocycles. The molecule has 0 aliphatic carbocycles. The number of sulfone groups is 1. The fourth-order valence-electron chi connectivity index (χ4n) is 3.73. The molecule has 11 heteroatoms. The Kier molecular flexibility index (Phi) is 9.74. The lowest BCUT2D eigenvalue weighted by molar-refractivity contribution is 0.285. The summed E-state index contributed by atoms with van der Waals surface area (Å²) in [5.74, 6) is 2.70. The highest BCUT2D eigenvalue weighted by Crippen LogP contribution is 2.58. The van der Waals surface area contributed by atoms with Gasteiger partial charge < -0.3 is 28.8 Å². The minimum atomic E-state index is -3.77. The lowest BCUT2D eigenvalue weighted by atomic mass is 10.1. The molecule has 0 unspecified atom stereocenters. The summed E-state index contributed by atoms with van der Waals surface area (Å²) in [5, 5.41) is 9.46.